The Morgan fingerprint density at radius 1 is 0.905 bits per heavy atom. The molecular formula is C19H34ClN. The van der Waals surface area contributed by atoms with Gasteiger partial charge in [0, 0.05) is 5.56 Å². The lowest BCUT2D eigenvalue weighted by molar-refractivity contribution is -0.926. The molecule has 122 valence electrons. The zero-order chi connectivity index (χ0) is 14.8. The van der Waals surface area contributed by atoms with Gasteiger partial charge >= 0.3 is 0 Å². The molecular weight excluding hydrogens is 278 g/mol. The van der Waals surface area contributed by atoms with Crippen LogP contribution in [0.3, 0.4) is 0 Å². The number of benzene rings is 1. The van der Waals surface area contributed by atoms with Crippen LogP contribution in [0.4, 0.5) is 0 Å². The van der Waals surface area contributed by atoms with Crippen molar-refractivity contribution in [3.8, 4) is 0 Å². The first-order valence-electron chi connectivity index (χ1n) is 8.43. The summed E-state index contributed by atoms with van der Waals surface area (Å²) < 4.78 is 1.10. The third kappa shape index (κ3) is 8.48. The second kappa shape index (κ2) is 11.1. The molecule has 0 bridgehead atoms. The van der Waals surface area contributed by atoms with Crippen molar-refractivity contribution < 1.29 is 16.9 Å². The maximum absolute atomic E-state index is 2.41. The standard InChI is InChI=1S/C19H34N.ClH/c1-5-6-7-8-9-11-14-18(2)20(3,4)17-19-15-12-10-13-16-19;/h10,12-13,15-16,18H,5-9,11,14,17H2,1-4H3;1H/q+1;/p-1. The number of hydrogen-bond donors (Lipinski definition) is 0. The molecule has 2 heteroatoms. The molecule has 1 rings (SSSR count). The van der Waals surface area contributed by atoms with Crippen molar-refractivity contribution in [2.75, 3.05) is 14.1 Å². The first-order valence-corrected chi connectivity index (χ1v) is 8.43. The average molecular weight is 312 g/mol. The number of halogens is 1. The minimum Gasteiger partial charge on any atom is -1.00 e. The SMILES string of the molecule is CCCCCCCCC(C)[N+](C)(C)Cc1ccccc1.[Cl-]. The van der Waals surface area contributed by atoms with E-state index in [4.69, 9.17) is 0 Å². The molecule has 0 heterocycles. The van der Waals surface area contributed by atoms with E-state index in [0.717, 1.165) is 17.1 Å². The van der Waals surface area contributed by atoms with E-state index in [1.54, 1.807) is 0 Å². The molecule has 0 saturated heterocycles. The van der Waals surface area contributed by atoms with Gasteiger partial charge in [-0.1, -0.05) is 69.4 Å². The summed E-state index contributed by atoms with van der Waals surface area (Å²) in [6.07, 6.45) is 9.76. The first kappa shape index (κ1) is 20.5. The van der Waals surface area contributed by atoms with Gasteiger partial charge in [-0.05, 0) is 19.8 Å². The van der Waals surface area contributed by atoms with Crippen molar-refractivity contribution in [2.24, 2.45) is 0 Å². The molecule has 21 heavy (non-hydrogen) atoms. The van der Waals surface area contributed by atoms with Gasteiger partial charge in [0.1, 0.15) is 6.54 Å². The summed E-state index contributed by atoms with van der Waals surface area (Å²) in [5, 5.41) is 0. The van der Waals surface area contributed by atoms with Crippen LogP contribution in [0, 0.1) is 0 Å². The van der Waals surface area contributed by atoms with E-state index < -0.39 is 0 Å². The molecule has 0 aliphatic heterocycles. The third-order valence-electron chi connectivity index (χ3n) is 4.60. The van der Waals surface area contributed by atoms with Gasteiger partial charge in [-0.3, -0.25) is 0 Å². The van der Waals surface area contributed by atoms with Gasteiger partial charge in [-0.15, -0.1) is 0 Å². The summed E-state index contributed by atoms with van der Waals surface area (Å²) in [7, 11) is 4.74. The van der Waals surface area contributed by atoms with Crippen LogP contribution in [0.2, 0.25) is 0 Å². The highest BCUT2D eigenvalue weighted by Crippen LogP contribution is 2.19. The fraction of sp³-hybridized carbons (Fsp3) is 0.684. The lowest BCUT2D eigenvalue weighted by Crippen LogP contribution is -3.00. The van der Waals surface area contributed by atoms with E-state index in [9.17, 15) is 0 Å². The second-order valence-corrected chi connectivity index (χ2v) is 6.83. The van der Waals surface area contributed by atoms with Gasteiger partial charge in [0.2, 0.25) is 0 Å². The zero-order valence-corrected chi connectivity index (χ0v) is 15.2. The summed E-state index contributed by atoms with van der Waals surface area (Å²) in [6, 6.07) is 11.6. The summed E-state index contributed by atoms with van der Waals surface area (Å²) in [4.78, 5) is 0. The maximum atomic E-state index is 2.41. The van der Waals surface area contributed by atoms with Crippen LogP contribution >= 0.6 is 0 Å². The molecule has 1 aromatic carbocycles. The Balaban J connectivity index is 0.00000400. The van der Waals surface area contributed by atoms with Crippen LogP contribution in [0.1, 0.15) is 64.4 Å². The van der Waals surface area contributed by atoms with Crippen LogP contribution in [0.25, 0.3) is 0 Å². The van der Waals surface area contributed by atoms with Crippen molar-refractivity contribution in [3.63, 3.8) is 0 Å². The topological polar surface area (TPSA) is 0 Å². The van der Waals surface area contributed by atoms with Crippen molar-refractivity contribution >= 4 is 0 Å². The van der Waals surface area contributed by atoms with Crippen molar-refractivity contribution in [1.82, 2.24) is 0 Å². The quantitative estimate of drug-likeness (QED) is 0.460. The fourth-order valence-electron chi connectivity index (χ4n) is 2.78. The highest BCUT2D eigenvalue weighted by molar-refractivity contribution is 5.13. The molecule has 0 fully saturated rings. The van der Waals surface area contributed by atoms with Crippen LogP contribution < -0.4 is 12.4 Å². The second-order valence-electron chi connectivity index (χ2n) is 6.83. The highest BCUT2D eigenvalue weighted by Gasteiger charge is 2.23. The minimum absolute atomic E-state index is 0. The number of hydrogen-bond acceptors (Lipinski definition) is 0. The third-order valence-corrected chi connectivity index (χ3v) is 4.60. The van der Waals surface area contributed by atoms with Gasteiger partial charge in [-0.25, -0.2) is 0 Å². The maximum Gasteiger partial charge on any atom is 0.104 e. The van der Waals surface area contributed by atoms with E-state index in [-0.39, 0.29) is 12.4 Å². The summed E-state index contributed by atoms with van der Waals surface area (Å²) in [6.45, 7) is 5.83. The molecule has 1 aromatic rings. The van der Waals surface area contributed by atoms with Gasteiger partial charge in [0.15, 0.2) is 0 Å². The highest BCUT2D eigenvalue weighted by atomic mass is 35.5. The molecule has 0 aliphatic rings. The first-order chi connectivity index (χ1) is 9.56. The van der Waals surface area contributed by atoms with Crippen LogP contribution in [-0.2, 0) is 6.54 Å². The van der Waals surface area contributed by atoms with Crippen molar-refractivity contribution in [2.45, 2.75) is 71.4 Å². The molecule has 0 amide bonds. The predicted octanol–water partition coefficient (Wildman–Crippen LogP) is 2.41. The monoisotopic (exact) mass is 311 g/mol. The van der Waals surface area contributed by atoms with E-state index in [0.29, 0.717) is 0 Å². The Morgan fingerprint density at radius 2 is 1.48 bits per heavy atom. The summed E-state index contributed by atoms with van der Waals surface area (Å²) in [5.74, 6) is 0. The molecule has 0 aromatic heterocycles. The van der Waals surface area contributed by atoms with Crippen molar-refractivity contribution in [1.29, 1.82) is 0 Å². The molecule has 0 saturated carbocycles. The lowest BCUT2D eigenvalue weighted by Gasteiger charge is -2.36. The number of unbranched alkanes of at least 4 members (excludes halogenated alkanes) is 5. The van der Waals surface area contributed by atoms with Gasteiger partial charge in [0.25, 0.3) is 0 Å². The molecule has 0 spiro atoms. The van der Waals surface area contributed by atoms with Crippen LogP contribution in [-0.4, -0.2) is 24.6 Å². The Kier molecular flexibility index (Phi) is 10.8. The number of quaternary nitrogens is 1. The molecule has 1 nitrogen and oxygen atoms in total. The summed E-state index contributed by atoms with van der Waals surface area (Å²) >= 11 is 0. The minimum atomic E-state index is 0. The fourth-order valence-corrected chi connectivity index (χ4v) is 2.78. The van der Waals surface area contributed by atoms with E-state index in [2.05, 4.69) is 58.3 Å². The van der Waals surface area contributed by atoms with Crippen LogP contribution in [0.15, 0.2) is 30.3 Å². The van der Waals surface area contributed by atoms with Crippen LogP contribution in [0.5, 0.6) is 0 Å². The Labute approximate surface area is 138 Å². The molecule has 0 radical (unpaired) electrons. The Morgan fingerprint density at radius 3 is 2.10 bits per heavy atom. The molecule has 1 unspecified atom stereocenters. The predicted molar refractivity (Wildman–Crippen MR) is 89.7 cm³/mol. The number of rotatable bonds is 10. The lowest BCUT2D eigenvalue weighted by atomic mass is 10.0. The molecule has 0 N–H and O–H groups in total. The van der Waals surface area contributed by atoms with Crippen molar-refractivity contribution in [3.05, 3.63) is 35.9 Å². The average Bonchev–Trinajstić information content (AvgIpc) is 2.43. The number of nitrogens with zero attached hydrogens (tertiary/aromatic N) is 1. The van der Waals surface area contributed by atoms with Gasteiger partial charge in [-0.2, -0.15) is 0 Å². The zero-order valence-electron chi connectivity index (χ0n) is 14.4. The van der Waals surface area contributed by atoms with Gasteiger partial charge in [0.05, 0.1) is 20.1 Å². The Hall–Kier alpha value is -0.530. The summed E-state index contributed by atoms with van der Waals surface area (Å²) in [5.41, 5.74) is 1.45. The molecule has 1 atom stereocenters. The van der Waals surface area contributed by atoms with E-state index in [1.165, 1.54) is 50.5 Å². The largest absolute Gasteiger partial charge is 1.00 e. The Bertz CT molecular complexity index is 348. The van der Waals surface area contributed by atoms with Gasteiger partial charge < -0.3 is 16.9 Å². The molecule has 0 aliphatic carbocycles. The smallest absolute Gasteiger partial charge is 0.104 e. The van der Waals surface area contributed by atoms with E-state index >= 15 is 0 Å². The normalized spacial score (nSPS) is 12.8. The van der Waals surface area contributed by atoms with E-state index in [1.807, 2.05) is 0 Å².